The molecule has 0 aliphatic heterocycles. The molecule has 0 radical (unpaired) electrons. The van der Waals surface area contributed by atoms with E-state index in [1.807, 2.05) is 0 Å². The maximum Gasteiger partial charge on any atom is 0.309 e. The zero-order chi connectivity index (χ0) is 8.11. The standard InChI is InChI=1S/C8H12O3/c1-11-8-3-2-7(4-8,5-8)6(9)10/h2-5H2,1H3,(H,9,10). The van der Waals surface area contributed by atoms with Gasteiger partial charge in [0.25, 0.3) is 0 Å². The fourth-order valence-electron chi connectivity index (χ4n) is 2.51. The summed E-state index contributed by atoms with van der Waals surface area (Å²) in [5.74, 6) is -0.636. The maximum atomic E-state index is 10.8. The summed E-state index contributed by atoms with van der Waals surface area (Å²) in [6.07, 6.45) is 3.18. The smallest absolute Gasteiger partial charge is 0.309 e. The SMILES string of the molecule is COC12CCC(C(=O)O)(C1)C2. The van der Waals surface area contributed by atoms with Crippen LogP contribution in [0.15, 0.2) is 0 Å². The van der Waals surface area contributed by atoms with Crippen LogP contribution in [0, 0.1) is 5.41 Å². The number of carbonyl (C=O) groups is 1. The molecule has 0 atom stereocenters. The number of aliphatic carboxylic acids is 1. The minimum absolute atomic E-state index is 0.0572. The van der Waals surface area contributed by atoms with Crippen LogP contribution in [0.1, 0.15) is 25.7 Å². The van der Waals surface area contributed by atoms with E-state index in [4.69, 9.17) is 9.84 Å². The van der Waals surface area contributed by atoms with Crippen LogP contribution in [0.3, 0.4) is 0 Å². The first-order valence-electron chi connectivity index (χ1n) is 3.91. The second-order valence-corrected chi connectivity index (χ2v) is 3.83. The van der Waals surface area contributed by atoms with Crippen LogP contribution in [0.4, 0.5) is 0 Å². The van der Waals surface area contributed by atoms with Crippen molar-refractivity contribution in [2.75, 3.05) is 7.11 Å². The quantitative estimate of drug-likeness (QED) is 0.649. The summed E-state index contributed by atoms with van der Waals surface area (Å²) in [6, 6.07) is 0. The first kappa shape index (κ1) is 7.10. The lowest BCUT2D eigenvalue weighted by Crippen LogP contribution is -2.48. The molecule has 3 saturated carbocycles. The first-order chi connectivity index (χ1) is 5.13. The van der Waals surface area contributed by atoms with Crippen LogP contribution >= 0.6 is 0 Å². The van der Waals surface area contributed by atoms with Gasteiger partial charge in [0.1, 0.15) is 0 Å². The molecule has 3 nitrogen and oxygen atoms in total. The monoisotopic (exact) mass is 156 g/mol. The number of rotatable bonds is 2. The van der Waals surface area contributed by atoms with E-state index in [0.717, 1.165) is 25.7 Å². The van der Waals surface area contributed by atoms with Gasteiger partial charge in [0.15, 0.2) is 0 Å². The molecule has 0 amide bonds. The molecule has 0 unspecified atom stereocenters. The molecule has 0 aromatic rings. The van der Waals surface area contributed by atoms with Crippen LogP contribution in [-0.2, 0) is 9.53 Å². The van der Waals surface area contributed by atoms with E-state index in [9.17, 15) is 4.79 Å². The van der Waals surface area contributed by atoms with E-state index in [1.54, 1.807) is 7.11 Å². The van der Waals surface area contributed by atoms with Gasteiger partial charge in [0.05, 0.1) is 11.0 Å². The van der Waals surface area contributed by atoms with E-state index in [-0.39, 0.29) is 5.60 Å². The van der Waals surface area contributed by atoms with Gasteiger partial charge in [0.2, 0.25) is 0 Å². The molecule has 0 saturated heterocycles. The third kappa shape index (κ3) is 0.692. The Morgan fingerprint density at radius 2 is 2.09 bits per heavy atom. The number of methoxy groups -OCH3 is 1. The lowest BCUT2D eigenvalue weighted by Gasteiger charge is -2.43. The highest BCUT2D eigenvalue weighted by Gasteiger charge is 2.65. The summed E-state index contributed by atoms with van der Waals surface area (Å²) in [4.78, 5) is 10.8. The summed E-state index contributed by atoms with van der Waals surface area (Å²) in [7, 11) is 1.68. The first-order valence-corrected chi connectivity index (χ1v) is 3.91. The lowest BCUT2D eigenvalue weighted by molar-refractivity contribution is -0.166. The van der Waals surface area contributed by atoms with Gasteiger partial charge < -0.3 is 9.84 Å². The van der Waals surface area contributed by atoms with Crippen LogP contribution in [0.25, 0.3) is 0 Å². The second-order valence-electron chi connectivity index (χ2n) is 3.83. The minimum Gasteiger partial charge on any atom is -0.481 e. The maximum absolute atomic E-state index is 10.8. The van der Waals surface area contributed by atoms with E-state index in [1.165, 1.54) is 0 Å². The van der Waals surface area contributed by atoms with E-state index in [0.29, 0.717) is 0 Å². The average molecular weight is 156 g/mol. The van der Waals surface area contributed by atoms with E-state index >= 15 is 0 Å². The van der Waals surface area contributed by atoms with E-state index < -0.39 is 11.4 Å². The predicted octanol–water partition coefficient (Wildman–Crippen LogP) is 1.03. The average Bonchev–Trinajstić information content (AvgIpc) is 2.39. The second kappa shape index (κ2) is 1.78. The van der Waals surface area contributed by atoms with Crippen molar-refractivity contribution in [1.82, 2.24) is 0 Å². The molecule has 3 rings (SSSR count). The van der Waals surface area contributed by atoms with E-state index in [2.05, 4.69) is 0 Å². The van der Waals surface area contributed by atoms with Gasteiger partial charge in [0, 0.05) is 7.11 Å². The predicted molar refractivity (Wildman–Crippen MR) is 38.3 cm³/mol. The van der Waals surface area contributed by atoms with Gasteiger partial charge in [-0.2, -0.15) is 0 Å². The molecule has 3 aliphatic rings. The van der Waals surface area contributed by atoms with Gasteiger partial charge in [-0.05, 0) is 25.7 Å². The number of hydrogen-bond acceptors (Lipinski definition) is 2. The Balaban J connectivity index is 2.14. The largest absolute Gasteiger partial charge is 0.481 e. The van der Waals surface area contributed by atoms with Crippen LogP contribution in [0.2, 0.25) is 0 Å². The third-order valence-electron chi connectivity index (χ3n) is 3.27. The van der Waals surface area contributed by atoms with Crippen molar-refractivity contribution < 1.29 is 14.6 Å². The third-order valence-corrected chi connectivity index (χ3v) is 3.27. The molecule has 62 valence electrons. The van der Waals surface area contributed by atoms with Crippen LogP contribution in [-0.4, -0.2) is 23.8 Å². The molecule has 0 aromatic heterocycles. The van der Waals surface area contributed by atoms with Crippen molar-refractivity contribution in [3.8, 4) is 0 Å². The van der Waals surface area contributed by atoms with Gasteiger partial charge in [-0.1, -0.05) is 0 Å². The van der Waals surface area contributed by atoms with Gasteiger partial charge >= 0.3 is 5.97 Å². The van der Waals surface area contributed by atoms with Crippen molar-refractivity contribution in [2.45, 2.75) is 31.3 Å². The number of hydrogen-bond donors (Lipinski definition) is 1. The molecule has 11 heavy (non-hydrogen) atoms. The summed E-state index contributed by atoms with van der Waals surface area (Å²) < 4.78 is 5.28. The van der Waals surface area contributed by atoms with Crippen molar-refractivity contribution in [3.05, 3.63) is 0 Å². The number of fused-ring (bicyclic) bond motifs is 1. The summed E-state index contributed by atoms with van der Waals surface area (Å²) in [5, 5.41) is 8.86. The molecule has 3 heteroatoms. The zero-order valence-corrected chi connectivity index (χ0v) is 6.59. The number of ether oxygens (including phenoxy) is 1. The molecule has 2 bridgehead atoms. The number of carboxylic acids is 1. The van der Waals surface area contributed by atoms with Crippen LogP contribution < -0.4 is 0 Å². The van der Waals surface area contributed by atoms with Crippen molar-refractivity contribution >= 4 is 5.97 Å². The molecule has 3 fully saturated rings. The van der Waals surface area contributed by atoms with Gasteiger partial charge in [-0.25, -0.2) is 0 Å². The fraction of sp³-hybridized carbons (Fsp3) is 0.875. The molecule has 0 aromatic carbocycles. The highest BCUT2D eigenvalue weighted by molar-refractivity contribution is 5.77. The van der Waals surface area contributed by atoms with Gasteiger partial charge in [-0.3, -0.25) is 4.79 Å². The van der Waals surface area contributed by atoms with Crippen molar-refractivity contribution in [3.63, 3.8) is 0 Å². The lowest BCUT2D eigenvalue weighted by atomic mass is 9.67. The Labute approximate surface area is 65.4 Å². The normalized spacial score (nSPS) is 47.0. The molecule has 3 aliphatic carbocycles. The Morgan fingerprint density at radius 1 is 1.45 bits per heavy atom. The van der Waals surface area contributed by atoms with Crippen molar-refractivity contribution in [1.29, 1.82) is 0 Å². The Bertz CT molecular complexity index is 203. The Hall–Kier alpha value is -0.570. The molecule has 0 spiro atoms. The summed E-state index contributed by atoms with van der Waals surface area (Å²) in [6.45, 7) is 0. The number of carboxylic acid groups (broad SMARTS) is 1. The Morgan fingerprint density at radius 3 is 2.36 bits per heavy atom. The molecular formula is C8H12O3. The zero-order valence-electron chi connectivity index (χ0n) is 6.59. The summed E-state index contributed by atoms with van der Waals surface area (Å²) >= 11 is 0. The fourth-order valence-corrected chi connectivity index (χ4v) is 2.51. The topological polar surface area (TPSA) is 46.5 Å². The highest BCUT2D eigenvalue weighted by atomic mass is 16.5. The molecule has 1 N–H and O–H groups in total. The van der Waals surface area contributed by atoms with Crippen molar-refractivity contribution in [2.24, 2.45) is 5.41 Å². The molecule has 0 heterocycles. The summed E-state index contributed by atoms with van der Waals surface area (Å²) in [5.41, 5.74) is -0.464. The Kier molecular flexibility index (Phi) is 1.15. The minimum atomic E-state index is -0.636. The van der Waals surface area contributed by atoms with Gasteiger partial charge in [-0.15, -0.1) is 0 Å². The van der Waals surface area contributed by atoms with Crippen LogP contribution in [0.5, 0.6) is 0 Å². The molecular weight excluding hydrogens is 144 g/mol. The highest BCUT2D eigenvalue weighted by Crippen LogP contribution is 2.62.